The summed E-state index contributed by atoms with van der Waals surface area (Å²) in [5.41, 5.74) is 3.20. The Balaban J connectivity index is 1.66. The maximum absolute atomic E-state index is 11.5. The summed E-state index contributed by atoms with van der Waals surface area (Å²) in [6.07, 6.45) is 1.05. The molecule has 0 amide bonds. The quantitative estimate of drug-likeness (QED) is 0.858. The molecule has 1 aliphatic heterocycles. The molecule has 4 nitrogen and oxygen atoms in total. The van der Waals surface area contributed by atoms with Crippen molar-refractivity contribution in [2.75, 3.05) is 26.7 Å². The second-order valence-electron chi connectivity index (χ2n) is 6.21. The lowest BCUT2D eigenvalue weighted by Crippen LogP contribution is -2.51. The number of hydrogen-bond donors (Lipinski definition) is 1. The standard InChI is InChI=1S/C20H24N2O2/c1-24-20(23)18-9-7-17(8-10-18)15-22-12-11-21-14-19(22)13-16-5-3-2-4-6-16/h2-10,19,21H,11-15H2,1H3/t19-/m1/s1. The third-order valence-corrected chi connectivity index (χ3v) is 4.55. The molecular weight excluding hydrogens is 300 g/mol. The van der Waals surface area contributed by atoms with Crippen LogP contribution in [0.4, 0.5) is 0 Å². The van der Waals surface area contributed by atoms with E-state index in [-0.39, 0.29) is 5.97 Å². The van der Waals surface area contributed by atoms with Crippen molar-refractivity contribution >= 4 is 5.97 Å². The molecule has 0 unspecified atom stereocenters. The highest BCUT2D eigenvalue weighted by Gasteiger charge is 2.22. The summed E-state index contributed by atoms with van der Waals surface area (Å²) in [5.74, 6) is -0.286. The van der Waals surface area contributed by atoms with Crippen LogP contribution in [0.2, 0.25) is 0 Å². The maximum atomic E-state index is 11.5. The van der Waals surface area contributed by atoms with Crippen molar-refractivity contribution in [3.05, 3.63) is 71.3 Å². The van der Waals surface area contributed by atoms with Gasteiger partial charge >= 0.3 is 5.97 Å². The molecule has 4 heteroatoms. The lowest BCUT2D eigenvalue weighted by atomic mass is 10.0. The minimum absolute atomic E-state index is 0.286. The molecule has 24 heavy (non-hydrogen) atoms. The molecule has 0 aromatic heterocycles. The van der Waals surface area contributed by atoms with Crippen molar-refractivity contribution in [2.45, 2.75) is 19.0 Å². The highest BCUT2D eigenvalue weighted by atomic mass is 16.5. The third-order valence-electron chi connectivity index (χ3n) is 4.55. The minimum Gasteiger partial charge on any atom is -0.465 e. The van der Waals surface area contributed by atoms with Crippen molar-refractivity contribution < 1.29 is 9.53 Å². The fourth-order valence-corrected chi connectivity index (χ4v) is 3.20. The van der Waals surface area contributed by atoms with Crippen molar-refractivity contribution in [1.29, 1.82) is 0 Å². The molecule has 1 aliphatic rings. The van der Waals surface area contributed by atoms with Gasteiger partial charge in [-0.1, -0.05) is 42.5 Å². The van der Waals surface area contributed by atoms with Gasteiger partial charge in [-0.05, 0) is 29.7 Å². The summed E-state index contributed by atoms with van der Waals surface area (Å²) >= 11 is 0. The van der Waals surface area contributed by atoms with E-state index in [1.54, 1.807) is 0 Å². The van der Waals surface area contributed by atoms with Gasteiger partial charge in [0, 0.05) is 32.2 Å². The van der Waals surface area contributed by atoms with Gasteiger partial charge in [0.1, 0.15) is 0 Å². The molecule has 0 bridgehead atoms. The Morgan fingerprint density at radius 1 is 1.12 bits per heavy atom. The lowest BCUT2D eigenvalue weighted by molar-refractivity contribution is 0.0600. The normalized spacial score (nSPS) is 18.3. The molecule has 0 spiro atoms. The summed E-state index contributed by atoms with van der Waals surface area (Å²) in [7, 11) is 1.41. The van der Waals surface area contributed by atoms with E-state index in [1.165, 1.54) is 18.2 Å². The van der Waals surface area contributed by atoms with Gasteiger partial charge in [0.25, 0.3) is 0 Å². The van der Waals surface area contributed by atoms with Crippen LogP contribution in [0.3, 0.4) is 0 Å². The van der Waals surface area contributed by atoms with Crippen LogP contribution in [0.1, 0.15) is 21.5 Å². The van der Waals surface area contributed by atoms with Crippen LogP contribution in [0.15, 0.2) is 54.6 Å². The molecule has 1 heterocycles. The molecule has 0 aliphatic carbocycles. The topological polar surface area (TPSA) is 41.6 Å². The predicted molar refractivity (Wildman–Crippen MR) is 95.0 cm³/mol. The SMILES string of the molecule is COC(=O)c1ccc(CN2CCNC[C@H]2Cc2ccccc2)cc1. The summed E-state index contributed by atoms with van der Waals surface area (Å²) < 4.78 is 4.75. The van der Waals surface area contributed by atoms with Crippen LogP contribution in [0, 0.1) is 0 Å². The fraction of sp³-hybridized carbons (Fsp3) is 0.350. The number of hydrogen-bond acceptors (Lipinski definition) is 4. The number of nitrogens with zero attached hydrogens (tertiary/aromatic N) is 1. The zero-order valence-corrected chi connectivity index (χ0v) is 14.1. The molecule has 1 saturated heterocycles. The van der Waals surface area contributed by atoms with E-state index in [2.05, 4.69) is 40.5 Å². The monoisotopic (exact) mass is 324 g/mol. The van der Waals surface area contributed by atoms with Crippen molar-refractivity contribution in [3.8, 4) is 0 Å². The number of nitrogens with one attached hydrogen (secondary N) is 1. The number of benzene rings is 2. The number of methoxy groups -OCH3 is 1. The Hall–Kier alpha value is -2.17. The summed E-state index contributed by atoms with van der Waals surface area (Å²) in [6.45, 7) is 3.97. The van der Waals surface area contributed by atoms with Gasteiger partial charge in [0.05, 0.1) is 12.7 Å². The summed E-state index contributed by atoms with van der Waals surface area (Å²) in [5, 5.41) is 3.50. The first-order chi connectivity index (χ1) is 11.8. The van der Waals surface area contributed by atoms with E-state index in [0.29, 0.717) is 11.6 Å². The van der Waals surface area contributed by atoms with E-state index in [1.807, 2.05) is 24.3 Å². The van der Waals surface area contributed by atoms with Crippen LogP contribution in [0.5, 0.6) is 0 Å². The van der Waals surface area contributed by atoms with Crippen LogP contribution in [0.25, 0.3) is 0 Å². The molecule has 1 fully saturated rings. The van der Waals surface area contributed by atoms with E-state index in [0.717, 1.165) is 32.6 Å². The Kier molecular flexibility index (Phi) is 5.62. The molecule has 2 aromatic carbocycles. The van der Waals surface area contributed by atoms with E-state index in [9.17, 15) is 4.79 Å². The van der Waals surface area contributed by atoms with Crippen LogP contribution >= 0.6 is 0 Å². The zero-order valence-electron chi connectivity index (χ0n) is 14.1. The van der Waals surface area contributed by atoms with Gasteiger partial charge in [-0.2, -0.15) is 0 Å². The first kappa shape index (κ1) is 16.7. The first-order valence-electron chi connectivity index (χ1n) is 8.42. The maximum Gasteiger partial charge on any atom is 0.337 e. The van der Waals surface area contributed by atoms with Gasteiger partial charge in [-0.15, -0.1) is 0 Å². The highest BCUT2D eigenvalue weighted by molar-refractivity contribution is 5.89. The van der Waals surface area contributed by atoms with Crippen molar-refractivity contribution in [2.24, 2.45) is 0 Å². The molecule has 1 atom stereocenters. The van der Waals surface area contributed by atoms with E-state index in [4.69, 9.17) is 4.74 Å². The van der Waals surface area contributed by atoms with Gasteiger partial charge < -0.3 is 10.1 Å². The number of ether oxygens (including phenoxy) is 1. The van der Waals surface area contributed by atoms with Crippen LogP contribution in [-0.4, -0.2) is 43.7 Å². The third kappa shape index (κ3) is 4.22. The molecule has 1 N–H and O–H groups in total. The number of carbonyl (C=O) groups is 1. The second-order valence-corrected chi connectivity index (χ2v) is 6.21. The molecule has 2 aromatic rings. The number of carbonyl (C=O) groups excluding carboxylic acids is 1. The van der Waals surface area contributed by atoms with Crippen LogP contribution < -0.4 is 5.32 Å². The highest BCUT2D eigenvalue weighted by Crippen LogP contribution is 2.15. The number of esters is 1. The molecule has 0 radical (unpaired) electrons. The number of rotatable bonds is 5. The van der Waals surface area contributed by atoms with Gasteiger partial charge in [-0.3, -0.25) is 4.90 Å². The Morgan fingerprint density at radius 3 is 2.58 bits per heavy atom. The van der Waals surface area contributed by atoms with E-state index >= 15 is 0 Å². The van der Waals surface area contributed by atoms with Gasteiger partial charge in [0.15, 0.2) is 0 Å². The van der Waals surface area contributed by atoms with Crippen LogP contribution in [-0.2, 0) is 17.7 Å². The largest absolute Gasteiger partial charge is 0.465 e. The number of piperazine rings is 1. The average molecular weight is 324 g/mol. The van der Waals surface area contributed by atoms with E-state index < -0.39 is 0 Å². The zero-order chi connectivity index (χ0) is 16.8. The van der Waals surface area contributed by atoms with Gasteiger partial charge in [-0.25, -0.2) is 4.79 Å². The Bertz CT molecular complexity index is 655. The van der Waals surface area contributed by atoms with Crippen molar-refractivity contribution in [3.63, 3.8) is 0 Å². The Morgan fingerprint density at radius 2 is 1.88 bits per heavy atom. The Labute approximate surface area is 143 Å². The second kappa shape index (κ2) is 8.08. The minimum atomic E-state index is -0.286. The molecular formula is C20H24N2O2. The molecule has 0 saturated carbocycles. The summed E-state index contributed by atoms with van der Waals surface area (Å²) in [4.78, 5) is 14.1. The van der Waals surface area contributed by atoms with Gasteiger partial charge in [0.2, 0.25) is 0 Å². The average Bonchev–Trinajstić information content (AvgIpc) is 2.64. The molecule has 126 valence electrons. The first-order valence-corrected chi connectivity index (χ1v) is 8.42. The predicted octanol–water partition coefficient (Wildman–Crippen LogP) is 2.49. The smallest absolute Gasteiger partial charge is 0.337 e. The fourth-order valence-electron chi connectivity index (χ4n) is 3.20. The van der Waals surface area contributed by atoms with Crippen molar-refractivity contribution in [1.82, 2.24) is 10.2 Å². The summed E-state index contributed by atoms with van der Waals surface area (Å²) in [6, 6.07) is 18.9. The molecule has 3 rings (SSSR count). The lowest BCUT2D eigenvalue weighted by Gasteiger charge is -2.36.